The molecule has 2 aromatic rings. The number of fused-ring (bicyclic) bond motifs is 1. The van der Waals surface area contributed by atoms with Crippen LogP contribution in [0, 0.1) is 5.92 Å². The minimum atomic E-state index is -0.247. The summed E-state index contributed by atoms with van der Waals surface area (Å²) in [6, 6.07) is 12.8. The van der Waals surface area contributed by atoms with E-state index in [9.17, 15) is 9.59 Å². The molecule has 2 amide bonds. The minimum Gasteiger partial charge on any atom is -0.492 e. The molecule has 7 heteroatoms. The molecular weight excluding hydrogens is 392 g/mol. The highest BCUT2D eigenvalue weighted by molar-refractivity contribution is 6.30. The summed E-state index contributed by atoms with van der Waals surface area (Å²) >= 11 is 6.04. The van der Waals surface area contributed by atoms with E-state index >= 15 is 0 Å². The van der Waals surface area contributed by atoms with Crippen LogP contribution in [0.3, 0.4) is 0 Å². The van der Waals surface area contributed by atoms with Crippen molar-refractivity contribution in [2.75, 3.05) is 32.9 Å². The first kappa shape index (κ1) is 19.7. The highest BCUT2D eigenvalue weighted by Crippen LogP contribution is 2.29. The molecule has 152 valence electrons. The van der Waals surface area contributed by atoms with Crippen molar-refractivity contribution in [1.29, 1.82) is 0 Å². The Hall–Kier alpha value is -2.57. The molecule has 2 heterocycles. The summed E-state index contributed by atoms with van der Waals surface area (Å²) in [6.07, 6.45) is 0.606. The molecule has 1 atom stereocenters. The van der Waals surface area contributed by atoms with Crippen LogP contribution >= 0.6 is 11.6 Å². The molecule has 2 aromatic carbocycles. The predicted octanol–water partition coefficient (Wildman–Crippen LogP) is 2.68. The van der Waals surface area contributed by atoms with E-state index in [2.05, 4.69) is 5.32 Å². The molecule has 29 heavy (non-hydrogen) atoms. The maximum atomic E-state index is 12.6. The molecule has 2 aliphatic heterocycles. The van der Waals surface area contributed by atoms with Crippen molar-refractivity contribution >= 4 is 23.4 Å². The number of hydrogen-bond donors (Lipinski definition) is 1. The van der Waals surface area contributed by atoms with Crippen molar-refractivity contribution in [3.8, 4) is 5.75 Å². The van der Waals surface area contributed by atoms with E-state index in [1.165, 1.54) is 0 Å². The molecule has 1 saturated heterocycles. The standard InChI is InChI=1S/C22H23ClN2O4/c23-19-5-6-20-17(12-19)11-18(14-29-20)21(26)24-13-15-1-3-16(4-2-15)22(27)25-7-9-28-10-8-25/h1-6,12,18H,7-11,13-14H2,(H,24,26). The van der Waals surface area contributed by atoms with Crippen LogP contribution in [0.15, 0.2) is 42.5 Å². The number of benzene rings is 2. The zero-order valence-corrected chi connectivity index (χ0v) is 16.8. The lowest BCUT2D eigenvalue weighted by Crippen LogP contribution is -2.40. The summed E-state index contributed by atoms with van der Waals surface area (Å²) in [4.78, 5) is 26.8. The van der Waals surface area contributed by atoms with Crippen molar-refractivity contribution in [1.82, 2.24) is 10.2 Å². The van der Waals surface area contributed by atoms with E-state index in [0.29, 0.717) is 56.5 Å². The van der Waals surface area contributed by atoms with Crippen LogP contribution in [0.5, 0.6) is 5.75 Å². The lowest BCUT2D eigenvalue weighted by Gasteiger charge is -2.27. The number of hydrogen-bond acceptors (Lipinski definition) is 4. The topological polar surface area (TPSA) is 67.9 Å². The third kappa shape index (κ3) is 4.71. The van der Waals surface area contributed by atoms with E-state index in [0.717, 1.165) is 16.9 Å². The second-order valence-electron chi connectivity index (χ2n) is 7.28. The number of nitrogens with zero attached hydrogens (tertiary/aromatic N) is 1. The zero-order chi connectivity index (χ0) is 20.2. The van der Waals surface area contributed by atoms with Gasteiger partial charge in [-0.15, -0.1) is 0 Å². The normalized spacial score (nSPS) is 18.5. The van der Waals surface area contributed by atoms with Gasteiger partial charge in [0.1, 0.15) is 12.4 Å². The van der Waals surface area contributed by atoms with Gasteiger partial charge in [0.05, 0.1) is 19.1 Å². The Morgan fingerprint density at radius 1 is 1.10 bits per heavy atom. The van der Waals surface area contributed by atoms with Crippen LogP contribution in [-0.2, 0) is 22.5 Å². The first-order chi connectivity index (χ1) is 14.1. The Kier molecular flexibility index (Phi) is 6.02. The van der Waals surface area contributed by atoms with Gasteiger partial charge in [-0.05, 0) is 47.9 Å². The van der Waals surface area contributed by atoms with Crippen LogP contribution in [0.25, 0.3) is 0 Å². The van der Waals surface area contributed by atoms with Gasteiger partial charge in [-0.3, -0.25) is 9.59 Å². The maximum absolute atomic E-state index is 12.6. The average molecular weight is 415 g/mol. The van der Waals surface area contributed by atoms with Gasteiger partial charge < -0.3 is 19.7 Å². The maximum Gasteiger partial charge on any atom is 0.254 e. The number of ether oxygens (including phenoxy) is 2. The minimum absolute atomic E-state index is 0.0144. The van der Waals surface area contributed by atoms with E-state index in [-0.39, 0.29) is 17.7 Å². The van der Waals surface area contributed by atoms with Gasteiger partial charge >= 0.3 is 0 Å². The monoisotopic (exact) mass is 414 g/mol. The highest BCUT2D eigenvalue weighted by Gasteiger charge is 2.26. The fourth-order valence-electron chi connectivity index (χ4n) is 3.58. The third-order valence-electron chi connectivity index (χ3n) is 5.27. The molecule has 2 aliphatic rings. The number of nitrogens with one attached hydrogen (secondary N) is 1. The molecule has 0 aromatic heterocycles. The smallest absolute Gasteiger partial charge is 0.254 e. The van der Waals surface area contributed by atoms with Crippen LogP contribution in [0.4, 0.5) is 0 Å². The van der Waals surface area contributed by atoms with E-state index in [4.69, 9.17) is 21.1 Å². The van der Waals surface area contributed by atoms with Gasteiger partial charge in [0.25, 0.3) is 5.91 Å². The zero-order valence-electron chi connectivity index (χ0n) is 16.0. The first-order valence-electron chi connectivity index (χ1n) is 9.75. The van der Waals surface area contributed by atoms with Crippen LogP contribution in [0.2, 0.25) is 5.02 Å². The number of morpholine rings is 1. The molecule has 1 N–H and O–H groups in total. The summed E-state index contributed by atoms with van der Waals surface area (Å²) in [7, 11) is 0. The molecule has 0 aliphatic carbocycles. The van der Waals surface area contributed by atoms with Crippen molar-refractivity contribution < 1.29 is 19.1 Å². The van der Waals surface area contributed by atoms with E-state index < -0.39 is 0 Å². The van der Waals surface area contributed by atoms with E-state index in [1.54, 1.807) is 23.1 Å². The van der Waals surface area contributed by atoms with Gasteiger partial charge in [-0.25, -0.2) is 0 Å². The third-order valence-corrected chi connectivity index (χ3v) is 5.50. The number of carbonyl (C=O) groups excluding carboxylic acids is 2. The van der Waals surface area contributed by atoms with Crippen LogP contribution in [0.1, 0.15) is 21.5 Å². The molecule has 0 bridgehead atoms. The Morgan fingerprint density at radius 3 is 2.62 bits per heavy atom. The molecule has 6 nitrogen and oxygen atoms in total. The summed E-state index contributed by atoms with van der Waals surface area (Å²) < 4.78 is 11.0. The van der Waals surface area contributed by atoms with Crippen molar-refractivity contribution in [3.05, 3.63) is 64.2 Å². The molecule has 1 unspecified atom stereocenters. The molecule has 1 fully saturated rings. The van der Waals surface area contributed by atoms with Crippen LogP contribution in [-0.4, -0.2) is 49.6 Å². The lowest BCUT2D eigenvalue weighted by molar-refractivity contribution is -0.126. The molecule has 0 radical (unpaired) electrons. The summed E-state index contributed by atoms with van der Waals surface area (Å²) in [5.41, 5.74) is 2.54. The Morgan fingerprint density at radius 2 is 1.86 bits per heavy atom. The predicted molar refractivity (Wildman–Crippen MR) is 109 cm³/mol. The van der Waals surface area contributed by atoms with Crippen molar-refractivity contribution in [3.63, 3.8) is 0 Å². The Labute approximate surface area is 174 Å². The van der Waals surface area contributed by atoms with Gasteiger partial charge in [0, 0.05) is 30.2 Å². The second kappa shape index (κ2) is 8.84. The largest absolute Gasteiger partial charge is 0.492 e. The second-order valence-corrected chi connectivity index (χ2v) is 7.72. The Balaban J connectivity index is 1.31. The number of halogens is 1. The molecule has 4 rings (SSSR count). The fraction of sp³-hybridized carbons (Fsp3) is 0.364. The van der Waals surface area contributed by atoms with Gasteiger partial charge in [0.15, 0.2) is 0 Å². The lowest BCUT2D eigenvalue weighted by atomic mass is 9.96. The highest BCUT2D eigenvalue weighted by atomic mass is 35.5. The molecule has 0 spiro atoms. The van der Waals surface area contributed by atoms with Gasteiger partial charge in [-0.2, -0.15) is 0 Å². The number of amides is 2. The first-order valence-corrected chi connectivity index (χ1v) is 10.1. The quantitative estimate of drug-likeness (QED) is 0.835. The average Bonchev–Trinajstić information content (AvgIpc) is 2.77. The van der Waals surface area contributed by atoms with Gasteiger partial charge in [0.2, 0.25) is 5.91 Å². The number of carbonyl (C=O) groups is 2. The molecular formula is C22H23ClN2O4. The summed E-state index contributed by atoms with van der Waals surface area (Å²) in [5.74, 6) is 0.506. The van der Waals surface area contributed by atoms with Gasteiger partial charge in [-0.1, -0.05) is 23.7 Å². The summed E-state index contributed by atoms with van der Waals surface area (Å²) in [6.45, 7) is 3.16. The van der Waals surface area contributed by atoms with Crippen LogP contribution < -0.4 is 10.1 Å². The molecule has 0 saturated carbocycles. The van der Waals surface area contributed by atoms with Crippen molar-refractivity contribution in [2.24, 2.45) is 5.92 Å². The van der Waals surface area contributed by atoms with Crippen molar-refractivity contribution in [2.45, 2.75) is 13.0 Å². The SMILES string of the molecule is O=C(NCc1ccc(C(=O)N2CCOCC2)cc1)C1COc2ccc(Cl)cc2C1. The Bertz CT molecular complexity index is 894. The fourth-order valence-corrected chi connectivity index (χ4v) is 3.77. The number of rotatable bonds is 4. The summed E-state index contributed by atoms with van der Waals surface area (Å²) in [5, 5.41) is 3.60. The van der Waals surface area contributed by atoms with E-state index in [1.807, 2.05) is 24.3 Å².